The third-order valence-electron chi connectivity index (χ3n) is 2.89. The number of nitrogens with one attached hydrogen (secondary N) is 1. The van der Waals surface area contributed by atoms with Gasteiger partial charge in [-0.05, 0) is 18.1 Å². The second kappa shape index (κ2) is 7.11. The number of methoxy groups -OCH3 is 3. The largest absolute Gasteiger partial charge is 0.493 e. The van der Waals surface area contributed by atoms with Crippen LogP contribution >= 0.6 is 0 Å². The van der Waals surface area contributed by atoms with Crippen molar-refractivity contribution in [1.82, 2.24) is 0 Å². The quantitative estimate of drug-likeness (QED) is 0.811. The molecule has 1 unspecified atom stereocenters. The van der Waals surface area contributed by atoms with Gasteiger partial charge >= 0.3 is 0 Å². The van der Waals surface area contributed by atoms with Gasteiger partial charge in [-0.1, -0.05) is 13.8 Å². The van der Waals surface area contributed by atoms with Crippen molar-refractivity contribution in [2.75, 3.05) is 33.3 Å². The summed E-state index contributed by atoms with van der Waals surface area (Å²) < 4.78 is 15.7. The Labute approximate surface area is 109 Å². The van der Waals surface area contributed by atoms with E-state index >= 15 is 0 Å². The van der Waals surface area contributed by atoms with Crippen molar-refractivity contribution in [1.29, 1.82) is 0 Å². The van der Waals surface area contributed by atoms with Crippen LogP contribution in [0.15, 0.2) is 18.2 Å². The molecule has 0 saturated heterocycles. The average Bonchev–Trinajstić information content (AvgIpc) is 2.37. The van der Waals surface area contributed by atoms with Gasteiger partial charge in [-0.25, -0.2) is 0 Å². The molecule has 4 nitrogen and oxygen atoms in total. The molecule has 4 heteroatoms. The minimum Gasteiger partial charge on any atom is -0.493 e. The zero-order valence-corrected chi connectivity index (χ0v) is 11.8. The van der Waals surface area contributed by atoms with Crippen molar-refractivity contribution in [3.63, 3.8) is 0 Å². The van der Waals surface area contributed by atoms with Crippen molar-refractivity contribution in [2.24, 2.45) is 5.92 Å². The molecule has 0 aromatic heterocycles. The van der Waals surface area contributed by atoms with Gasteiger partial charge in [0.05, 0.1) is 26.9 Å². The van der Waals surface area contributed by atoms with E-state index in [2.05, 4.69) is 19.2 Å². The average molecular weight is 253 g/mol. The SMILES string of the molecule is COCC(Nc1ccc(OC)c(OC)c1)C(C)C. The van der Waals surface area contributed by atoms with Gasteiger partial charge in [0.1, 0.15) is 0 Å². The molecule has 0 aliphatic carbocycles. The summed E-state index contributed by atoms with van der Waals surface area (Å²) in [4.78, 5) is 0. The van der Waals surface area contributed by atoms with E-state index in [0.29, 0.717) is 12.5 Å². The smallest absolute Gasteiger partial charge is 0.162 e. The molecule has 0 heterocycles. The zero-order valence-electron chi connectivity index (χ0n) is 11.8. The Hall–Kier alpha value is -1.42. The van der Waals surface area contributed by atoms with E-state index in [1.165, 1.54) is 0 Å². The summed E-state index contributed by atoms with van der Waals surface area (Å²) in [6.45, 7) is 5.00. The van der Waals surface area contributed by atoms with E-state index in [4.69, 9.17) is 14.2 Å². The Morgan fingerprint density at radius 3 is 2.22 bits per heavy atom. The summed E-state index contributed by atoms with van der Waals surface area (Å²) in [5.41, 5.74) is 1.00. The first-order valence-corrected chi connectivity index (χ1v) is 6.09. The molecule has 0 bridgehead atoms. The van der Waals surface area contributed by atoms with Crippen LogP contribution in [0.4, 0.5) is 5.69 Å². The highest BCUT2D eigenvalue weighted by atomic mass is 16.5. The Balaban J connectivity index is 2.83. The monoisotopic (exact) mass is 253 g/mol. The summed E-state index contributed by atoms with van der Waals surface area (Å²) in [6, 6.07) is 6.08. The van der Waals surface area contributed by atoms with Crippen molar-refractivity contribution >= 4 is 5.69 Å². The Kier molecular flexibility index (Phi) is 5.78. The van der Waals surface area contributed by atoms with Crippen molar-refractivity contribution in [2.45, 2.75) is 19.9 Å². The molecule has 0 amide bonds. The van der Waals surface area contributed by atoms with Gasteiger partial charge in [-0.15, -0.1) is 0 Å². The van der Waals surface area contributed by atoms with Crippen molar-refractivity contribution < 1.29 is 14.2 Å². The third kappa shape index (κ3) is 3.81. The van der Waals surface area contributed by atoms with E-state index in [0.717, 1.165) is 17.2 Å². The third-order valence-corrected chi connectivity index (χ3v) is 2.89. The summed E-state index contributed by atoms with van der Waals surface area (Å²) in [5.74, 6) is 1.94. The molecule has 18 heavy (non-hydrogen) atoms. The zero-order chi connectivity index (χ0) is 13.5. The lowest BCUT2D eigenvalue weighted by Gasteiger charge is -2.23. The van der Waals surface area contributed by atoms with Crippen molar-refractivity contribution in [3.8, 4) is 11.5 Å². The first-order valence-electron chi connectivity index (χ1n) is 6.09. The molecule has 0 saturated carbocycles. The second-order valence-electron chi connectivity index (χ2n) is 4.52. The van der Waals surface area contributed by atoms with Crippen LogP contribution in [0.25, 0.3) is 0 Å². The number of benzene rings is 1. The van der Waals surface area contributed by atoms with Gasteiger partial charge in [-0.3, -0.25) is 0 Å². The Morgan fingerprint density at radius 1 is 1.06 bits per heavy atom. The van der Waals surface area contributed by atoms with Crippen LogP contribution in [0.1, 0.15) is 13.8 Å². The lowest BCUT2D eigenvalue weighted by Crippen LogP contribution is -2.30. The first-order chi connectivity index (χ1) is 8.62. The highest BCUT2D eigenvalue weighted by molar-refractivity contribution is 5.55. The van der Waals surface area contributed by atoms with E-state index in [1.54, 1.807) is 21.3 Å². The predicted molar refractivity (Wildman–Crippen MR) is 73.7 cm³/mol. The number of ether oxygens (including phenoxy) is 3. The van der Waals surface area contributed by atoms with Crippen LogP contribution in [0.3, 0.4) is 0 Å². The van der Waals surface area contributed by atoms with Crippen molar-refractivity contribution in [3.05, 3.63) is 18.2 Å². The van der Waals surface area contributed by atoms with Gasteiger partial charge < -0.3 is 19.5 Å². The summed E-state index contributed by atoms with van der Waals surface area (Å²) in [5, 5.41) is 3.44. The molecular weight excluding hydrogens is 230 g/mol. The maximum Gasteiger partial charge on any atom is 0.162 e. The molecule has 0 radical (unpaired) electrons. The molecule has 0 aliphatic heterocycles. The van der Waals surface area contributed by atoms with Crippen LogP contribution in [-0.2, 0) is 4.74 Å². The molecule has 0 aliphatic rings. The van der Waals surface area contributed by atoms with Gasteiger partial charge in [0.25, 0.3) is 0 Å². The Morgan fingerprint density at radius 2 is 1.72 bits per heavy atom. The fourth-order valence-electron chi connectivity index (χ4n) is 1.72. The van der Waals surface area contributed by atoms with Gasteiger partial charge in [-0.2, -0.15) is 0 Å². The topological polar surface area (TPSA) is 39.7 Å². The number of anilines is 1. The van der Waals surface area contributed by atoms with E-state index in [9.17, 15) is 0 Å². The summed E-state index contributed by atoms with van der Waals surface area (Å²) >= 11 is 0. The second-order valence-corrected chi connectivity index (χ2v) is 4.52. The molecular formula is C14H23NO3. The van der Waals surface area contributed by atoms with Crippen LogP contribution in [0.2, 0.25) is 0 Å². The number of hydrogen-bond donors (Lipinski definition) is 1. The Bertz CT molecular complexity index is 366. The lowest BCUT2D eigenvalue weighted by molar-refractivity contribution is 0.171. The minimum absolute atomic E-state index is 0.271. The predicted octanol–water partition coefficient (Wildman–Crippen LogP) is 2.79. The van der Waals surface area contributed by atoms with Crippen LogP contribution in [0.5, 0.6) is 11.5 Å². The standard InChI is InChI=1S/C14H23NO3/c1-10(2)12(9-16-3)15-11-6-7-13(17-4)14(8-11)18-5/h6-8,10,12,15H,9H2,1-5H3. The molecule has 0 spiro atoms. The highest BCUT2D eigenvalue weighted by Crippen LogP contribution is 2.30. The van der Waals surface area contributed by atoms with E-state index in [1.807, 2.05) is 18.2 Å². The molecule has 0 fully saturated rings. The minimum atomic E-state index is 0.271. The fourth-order valence-corrected chi connectivity index (χ4v) is 1.72. The maximum atomic E-state index is 5.28. The van der Waals surface area contributed by atoms with Crippen LogP contribution < -0.4 is 14.8 Å². The molecule has 1 atom stereocenters. The highest BCUT2D eigenvalue weighted by Gasteiger charge is 2.14. The summed E-state index contributed by atoms with van der Waals surface area (Å²) in [6.07, 6.45) is 0. The maximum absolute atomic E-state index is 5.28. The molecule has 1 aromatic carbocycles. The van der Waals surface area contributed by atoms with Gasteiger partial charge in [0.2, 0.25) is 0 Å². The van der Waals surface area contributed by atoms with Crippen LogP contribution in [0, 0.1) is 5.92 Å². The fraction of sp³-hybridized carbons (Fsp3) is 0.571. The van der Waals surface area contributed by atoms with Crippen LogP contribution in [-0.4, -0.2) is 34.0 Å². The van der Waals surface area contributed by atoms with E-state index in [-0.39, 0.29) is 6.04 Å². The molecule has 1 aromatic rings. The van der Waals surface area contributed by atoms with E-state index < -0.39 is 0 Å². The first kappa shape index (κ1) is 14.6. The van der Waals surface area contributed by atoms with Gasteiger partial charge in [0.15, 0.2) is 11.5 Å². The normalized spacial score (nSPS) is 12.3. The molecule has 102 valence electrons. The lowest BCUT2D eigenvalue weighted by atomic mass is 10.0. The number of rotatable bonds is 7. The molecule has 1 rings (SSSR count). The van der Waals surface area contributed by atoms with Gasteiger partial charge in [0, 0.05) is 18.9 Å². The number of hydrogen-bond acceptors (Lipinski definition) is 4. The summed E-state index contributed by atoms with van der Waals surface area (Å²) in [7, 11) is 4.98. The molecule has 1 N–H and O–H groups in total.